The van der Waals surface area contributed by atoms with E-state index < -0.39 is 0 Å². The van der Waals surface area contributed by atoms with Crippen molar-refractivity contribution < 1.29 is 14.6 Å². The number of phenols is 1. The summed E-state index contributed by atoms with van der Waals surface area (Å²) >= 11 is 0. The maximum atomic E-state index is 9.23. The first-order chi connectivity index (χ1) is 10.2. The largest absolute Gasteiger partial charge is 0.508 e. The third-order valence-corrected chi connectivity index (χ3v) is 3.30. The number of methoxy groups -OCH3 is 2. The van der Waals surface area contributed by atoms with E-state index in [1.54, 1.807) is 26.4 Å². The molecule has 112 valence electrons. The Hall–Kier alpha value is -2.20. The van der Waals surface area contributed by atoms with Crippen LogP contribution < -0.4 is 14.8 Å². The molecule has 0 aliphatic heterocycles. The molecular weight excluding hydrogens is 266 g/mol. The van der Waals surface area contributed by atoms with Gasteiger partial charge in [-0.3, -0.25) is 0 Å². The Morgan fingerprint density at radius 2 is 1.57 bits per heavy atom. The van der Waals surface area contributed by atoms with E-state index >= 15 is 0 Å². The summed E-state index contributed by atoms with van der Waals surface area (Å²) in [5.41, 5.74) is 2.35. The summed E-state index contributed by atoms with van der Waals surface area (Å²) in [5, 5.41) is 12.6. The second kappa shape index (κ2) is 7.55. The summed E-state index contributed by atoms with van der Waals surface area (Å²) in [4.78, 5) is 0. The second-order valence-electron chi connectivity index (χ2n) is 4.78. The van der Waals surface area contributed by atoms with Gasteiger partial charge in [0.1, 0.15) is 5.75 Å². The minimum Gasteiger partial charge on any atom is -0.508 e. The number of phenolic OH excluding ortho intramolecular Hbond substituents is 1. The lowest BCUT2D eigenvalue weighted by Crippen LogP contribution is -2.16. The van der Waals surface area contributed by atoms with Gasteiger partial charge in [0, 0.05) is 6.54 Å². The number of benzene rings is 2. The third-order valence-electron chi connectivity index (χ3n) is 3.30. The smallest absolute Gasteiger partial charge is 0.160 e. The van der Waals surface area contributed by atoms with Crippen molar-refractivity contribution in [2.75, 3.05) is 20.8 Å². The van der Waals surface area contributed by atoms with Crippen LogP contribution in [-0.2, 0) is 13.0 Å². The fourth-order valence-corrected chi connectivity index (χ4v) is 2.12. The quantitative estimate of drug-likeness (QED) is 0.769. The second-order valence-corrected chi connectivity index (χ2v) is 4.78. The Labute approximate surface area is 125 Å². The van der Waals surface area contributed by atoms with Gasteiger partial charge in [-0.1, -0.05) is 18.2 Å². The number of hydrogen-bond donors (Lipinski definition) is 2. The van der Waals surface area contributed by atoms with Crippen LogP contribution in [0.1, 0.15) is 11.1 Å². The molecular formula is C17H21NO3. The Bertz CT molecular complexity index is 567. The fourth-order valence-electron chi connectivity index (χ4n) is 2.12. The predicted octanol–water partition coefficient (Wildman–Crippen LogP) is 2.74. The van der Waals surface area contributed by atoms with E-state index in [1.807, 2.05) is 30.3 Å². The van der Waals surface area contributed by atoms with Crippen molar-refractivity contribution >= 4 is 0 Å². The van der Waals surface area contributed by atoms with Crippen molar-refractivity contribution in [3.63, 3.8) is 0 Å². The highest BCUT2D eigenvalue weighted by Crippen LogP contribution is 2.27. The Morgan fingerprint density at radius 3 is 2.24 bits per heavy atom. The van der Waals surface area contributed by atoms with Gasteiger partial charge in [-0.15, -0.1) is 0 Å². The lowest BCUT2D eigenvalue weighted by Gasteiger charge is -2.10. The third kappa shape index (κ3) is 4.39. The van der Waals surface area contributed by atoms with Crippen LogP contribution in [0.25, 0.3) is 0 Å². The molecule has 2 aromatic rings. The zero-order chi connectivity index (χ0) is 15.1. The van der Waals surface area contributed by atoms with E-state index in [1.165, 1.54) is 5.56 Å². The molecule has 0 aromatic heterocycles. The molecule has 4 nitrogen and oxygen atoms in total. The van der Waals surface area contributed by atoms with Crippen LogP contribution in [-0.4, -0.2) is 25.9 Å². The van der Waals surface area contributed by atoms with Crippen molar-refractivity contribution in [3.8, 4) is 17.2 Å². The number of ether oxygens (including phenoxy) is 2. The molecule has 0 aliphatic carbocycles. The number of nitrogens with one attached hydrogen (secondary N) is 1. The Balaban J connectivity index is 1.82. The molecule has 2 aromatic carbocycles. The molecule has 0 radical (unpaired) electrons. The molecule has 0 atom stereocenters. The van der Waals surface area contributed by atoms with Gasteiger partial charge in [-0.2, -0.15) is 0 Å². The van der Waals surface area contributed by atoms with Gasteiger partial charge in [0.25, 0.3) is 0 Å². The van der Waals surface area contributed by atoms with E-state index in [4.69, 9.17) is 9.47 Å². The molecule has 21 heavy (non-hydrogen) atoms. The van der Waals surface area contributed by atoms with Gasteiger partial charge >= 0.3 is 0 Å². The summed E-state index contributed by atoms with van der Waals surface area (Å²) in [7, 11) is 3.28. The zero-order valence-corrected chi connectivity index (χ0v) is 12.4. The minimum atomic E-state index is 0.295. The monoisotopic (exact) mass is 287 g/mol. The molecule has 2 rings (SSSR count). The van der Waals surface area contributed by atoms with Crippen LogP contribution in [0.2, 0.25) is 0 Å². The van der Waals surface area contributed by atoms with Crippen LogP contribution in [0.15, 0.2) is 42.5 Å². The topological polar surface area (TPSA) is 50.7 Å². The lowest BCUT2D eigenvalue weighted by atomic mass is 10.1. The molecule has 0 saturated carbocycles. The van der Waals surface area contributed by atoms with E-state index in [9.17, 15) is 5.11 Å². The summed E-state index contributed by atoms with van der Waals surface area (Å²) < 4.78 is 10.5. The van der Waals surface area contributed by atoms with Crippen LogP contribution in [0, 0.1) is 0 Å². The predicted molar refractivity (Wildman–Crippen MR) is 83.1 cm³/mol. The van der Waals surface area contributed by atoms with Gasteiger partial charge in [-0.25, -0.2) is 0 Å². The van der Waals surface area contributed by atoms with Crippen molar-refractivity contribution in [2.24, 2.45) is 0 Å². The van der Waals surface area contributed by atoms with E-state index in [2.05, 4.69) is 5.32 Å². The minimum absolute atomic E-state index is 0.295. The van der Waals surface area contributed by atoms with Gasteiger partial charge in [-0.05, 0) is 48.4 Å². The average molecular weight is 287 g/mol. The van der Waals surface area contributed by atoms with Crippen molar-refractivity contribution in [3.05, 3.63) is 53.6 Å². The first kappa shape index (κ1) is 15.2. The van der Waals surface area contributed by atoms with Crippen molar-refractivity contribution in [2.45, 2.75) is 13.0 Å². The highest BCUT2D eigenvalue weighted by atomic mass is 16.5. The maximum absolute atomic E-state index is 9.23. The molecule has 0 bridgehead atoms. The molecule has 0 amide bonds. The summed E-state index contributed by atoms with van der Waals surface area (Å²) in [6.07, 6.45) is 0.915. The first-order valence-corrected chi connectivity index (χ1v) is 6.92. The van der Waals surface area contributed by atoms with E-state index in [0.29, 0.717) is 5.75 Å². The standard InChI is InChI=1S/C17H21NO3/c1-20-16-8-5-13(11-17(16)21-2)9-10-18-12-14-3-6-15(19)7-4-14/h3-8,11,18-19H,9-10,12H2,1-2H3. The van der Waals surface area contributed by atoms with Gasteiger partial charge in [0.2, 0.25) is 0 Å². The van der Waals surface area contributed by atoms with Crippen molar-refractivity contribution in [1.29, 1.82) is 0 Å². The van der Waals surface area contributed by atoms with Gasteiger partial charge in [0.15, 0.2) is 11.5 Å². The number of rotatable bonds is 7. The van der Waals surface area contributed by atoms with E-state index in [-0.39, 0.29) is 0 Å². The van der Waals surface area contributed by atoms with Crippen LogP contribution >= 0.6 is 0 Å². The number of aromatic hydroxyl groups is 1. The summed E-state index contributed by atoms with van der Waals surface area (Å²) in [6.45, 7) is 1.66. The molecule has 0 fully saturated rings. The molecule has 2 N–H and O–H groups in total. The molecule has 0 spiro atoms. The average Bonchev–Trinajstić information content (AvgIpc) is 2.53. The zero-order valence-electron chi connectivity index (χ0n) is 12.4. The number of hydrogen-bond acceptors (Lipinski definition) is 4. The van der Waals surface area contributed by atoms with E-state index in [0.717, 1.165) is 36.6 Å². The SMILES string of the molecule is COc1ccc(CCNCc2ccc(O)cc2)cc1OC. The van der Waals surface area contributed by atoms with Crippen LogP contribution in [0.3, 0.4) is 0 Å². The molecule has 0 unspecified atom stereocenters. The van der Waals surface area contributed by atoms with Crippen LogP contribution in [0.4, 0.5) is 0 Å². The normalized spacial score (nSPS) is 10.4. The van der Waals surface area contributed by atoms with Crippen molar-refractivity contribution in [1.82, 2.24) is 5.32 Å². The highest BCUT2D eigenvalue weighted by molar-refractivity contribution is 5.42. The maximum Gasteiger partial charge on any atom is 0.160 e. The highest BCUT2D eigenvalue weighted by Gasteiger charge is 2.04. The first-order valence-electron chi connectivity index (χ1n) is 6.92. The fraction of sp³-hybridized carbons (Fsp3) is 0.294. The van der Waals surface area contributed by atoms with Crippen LogP contribution in [0.5, 0.6) is 17.2 Å². The molecule has 0 aliphatic rings. The molecule has 4 heteroatoms. The van der Waals surface area contributed by atoms with Gasteiger partial charge < -0.3 is 19.9 Å². The molecule has 0 heterocycles. The molecule has 0 saturated heterocycles. The summed E-state index contributed by atoms with van der Waals surface area (Å²) in [6, 6.07) is 13.2. The van der Waals surface area contributed by atoms with Gasteiger partial charge in [0.05, 0.1) is 14.2 Å². The summed E-state index contributed by atoms with van der Waals surface area (Å²) in [5.74, 6) is 1.80. The Kier molecular flexibility index (Phi) is 5.46. The lowest BCUT2D eigenvalue weighted by molar-refractivity contribution is 0.354. The Morgan fingerprint density at radius 1 is 0.905 bits per heavy atom.